The lowest BCUT2D eigenvalue weighted by atomic mass is 9.96. The fourth-order valence-electron chi connectivity index (χ4n) is 2.76. The van der Waals surface area contributed by atoms with Gasteiger partial charge in [-0.05, 0) is 24.5 Å². The third-order valence-electron chi connectivity index (χ3n) is 4.44. The van der Waals surface area contributed by atoms with Crippen molar-refractivity contribution in [1.82, 2.24) is 10.9 Å². The van der Waals surface area contributed by atoms with Gasteiger partial charge in [0.15, 0.2) is 6.61 Å². The number of non-ortho nitro benzene ring substituents is 1. The second-order valence-corrected chi connectivity index (χ2v) is 6.33. The van der Waals surface area contributed by atoms with Crippen LogP contribution >= 0.6 is 0 Å². The number of hydrogen-bond acceptors (Lipinski definition) is 6. The van der Waals surface area contributed by atoms with Crippen LogP contribution in [-0.4, -0.2) is 29.3 Å². The minimum absolute atomic E-state index is 0.00695. The fraction of sp³-hybridized carbons (Fsp3) is 0.211. The predicted octanol–water partition coefficient (Wildman–Crippen LogP) is 1.63. The van der Waals surface area contributed by atoms with E-state index in [1.807, 2.05) is 30.3 Å². The van der Waals surface area contributed by atoms with Crippen molar-refractivity contribution in [3.05, 3.63) is 75.8 Å². The Morgan fingerprint density at radius 3 is 2.39 bits per heavy atom. The lowest BCUT2D eigenvalue weighted by molar-refractivity contribution is -0.384. The Kier molecular flexibility index (Phi) is 5.35. The topological polar surface area (TPSA) is 128 Å². The van der Waals surface area contributed by atoms with Crippen LogP contribution in [0.25, 0.3) is 0 Å². The Morgan fingerprint density at radius 2 is 1.75 bits per heavy atom. The Morgan fingerprint density at radius 1 is 1.04 bits per heavy atom. The van der Waals surface area contributed by atoms with Crippen LogP contribution in [0.4, 0.5) is 5.69 Å². The molecule has 9 nitrogen and oxygen atoms in total. The molecule has 0 aliphatic heterocycles. The van der Waals surface area contributed by atoms with Crippen LogP contribution in [0.5, 0.6) is 0 Å². The standard InChI is InChI=1S/C19H17N3O6/c23-16(20-21-17(24)13-5-4-8-15(11-13)22(26)27)12-28-18(25)19(9-10-19)14-6-2-1-3-7-14/h1-8,11H,9-10,12H2,(H,20,23)(H,21,24). The number of esters is 1. The van der Waals surface area contributed by atoms with Gasteiger partial charge in [0.1, 0.15) is 0 Å². The molecule has 0 saturated heterocycles. The predicted molar refractivity (Wildman–Crippen MR) is 97.0 cm³/mol. The van der Waals surface area contributed by atoms with E-state index < -0.39 is 34.7 Å². The zero-order valence-electron chi connectivity index (χ0n) is 14.7. The smallest absolute Gasteiger partial charge is 0.317 e. The molecule has 0 bridgehead atoms. The summed E-state index contributed by atoms with van der Waals surface area (Å²) in [5.74, 6) is -1.94. The normalized spacial score (nSPS) is 13.9. The third-order valence-corrected chi connectivity index (χ3v) is 4.44. The van der Waals surface area contributed by atoms with Crippen molar-refractivity contribution in [3.63, 3.8) is 0 Å². The number of ether oxygens (including phenoxy) is 1. The maximum atomic E-state index is 12.3. The number of nitro benzene ring substituents is 1. The summed E-state index contributed by atoms with van der Waals surface area (Å²) in [7, 11) is 0. The molecule has 9 heteroatoms. The van der Waals surface area contributed by atoms with Gasteiger partial charge in [-0.1, -0.05) is 36.4 Å². The first-order chi connectivity index (χ1) is 13.4. The molecule has 0 aromatic heterocycles. The van der Waals surface area contributed by atoms with E-state index in [1.54, 1.807) is 0 Å². The molecule has 3 rings (SSSR count). The van der Waals surface area contributed by atoms with Gasteiger partial charge in [-0.15, -0.1) is 0 Å². The van der Waals surface area contributed by atoms with E-state index in [2.05, 4.69) is 10.9 Å². The average molecular weight is 383 g/mol. The Balaban J connectivity index is 1.48. The quantitative estimate of drug-likeness (QED) is 0.443. The van der Waals surface area contributed by atoms with E-state index in [-0.39, 0.29) is 11.3 Å². The fourth-order valence-corrected chi connectivity index (χ4v) is 2.76. The molecule has 1 aliphatic rings. The van der Waals surface area contributed by atoms with Crippen LogP contribution in [-0.2, 0) is 19.7 Å². The van der Waals surface area contributed by atoms with E-state index in [0.717, 1.165) is 11.6 Å². The Bertz CT molecular complexity index is 924. The molecule has 2 aromatic rings. The highest BCUT2D eigenvalue weighted by atomic mass is 16.6. The van der Waals surface area contributed by atoms with E-state index in [1.165, 1.54) is 18.2 Å². The zero-order valence-corrected chi connectivity index (χ0v) is 14.7. The third kappa shape index (κ3) is 4.14. The number of carbonyl (C=O) groups excluding carboxylic acids is 3. The average Bonchev–Trinajstić information content (AvgIpc) is 3.53. The largest absolute Gasteiger partial charge is 0.455 e. The number of hydrazine groups is 1. The summed E-state index contributed by atoms with van der Waals surface area (Å²) >= 11 is 0. The summed E-state index contributed by atoms with van der Waals surface area (Å²) in [5.41, 5.74) is 4.14. The molecule has 1 saturated carbocycles. The monoisotopic (exact) mass is 383 g/mol. The van der Waals surface area contributed by atoms with E-state index >= 15 is 0 Å². The van der Waals surface area contributed by atoms with Crippen LogP contribution in [0.1, 0.15) is 28.8 Å². The molecule has 2 amide bonds. The van der Waals surface area contributed by atoms with Gasteiger partial charge >= 0.3 is 5.97 Å². The van der Waals surface area contributed by atoms with Gasteiger partial charge in [0.2, 0.25) is 0 Å². The molecule has 2 aromatic carbocycles. The van der Waals surface area contributed by atoms with Gasteiger partial charge < -0.3 is 4.74 Å². The number of hydrogen-bond donors (Lipinski definition) is 2. The SMILES string of the molecule is O=C(COC(=O)C1(c2ccccc2)CC1)NNC(=O)c1cccc([N+](=O)[O-])c1. The van der Waals surface area contributed by atoms with Crippen molar-refractivity contribution >= 4 is 23.5 Å². The molecule has 0 spiro atoms. The molecule has 144 valence electrons. The second kappa shape index (κ2) is 7.87. The van der Waals surface area contributed by atoms with Gasteiger partial charge in [-0.2, -0.15) is 0 Å². The van der Waals surface area contributed by atoms with E-state index in [0.29, 0.717) is 12.8 Å². The van der Waals surface area contributed by atoms with Crippen molar-refractivity contribution < 1.29 is 24.0 Å². The van der Waals surface area contributed by atoms with Gasteiger partial charge in [0.05, 0.1) is 10.3 Å². The number of benzene rings is 2. The molecule has 0 heterocycles. The highest BCUT2D eigenvalue weighted by Crippen LogP contribution is 2.49. The summed E-state index contributed by atoms with van der Waals surface area (Å²) in [6.07, 6.45) is 1.31. The summed E-state index contributed by atoms with van der Waals surface area (Å²) < 4.78 is 5.08. The number of nitrogens with zero attached hydrogens (tertiary/aromatic N) is 1. The van der Waals surface area contributed by atoms with Crippen LogP contribution in [0, 0.1) is 10.1 Å². The number of nitrogens with one attached hydrogen (secondary N) is 2. The summed E-state index contributed by atoms with van der Waals surface area (Å²) in [4.78, 5) is 46.2. The first-order valence-electron chi connectivity index (χ1n) is 8.49. The van der Waals surface area contributed by atoms with Gasteiger partial charge in [-0.3, -0.25) is 35.3 Å². The first-order valence-corrected chi connectivity index (χ1v) is 8.49. The van der Waals surface area contributed by atoms with E-state index in [4.69, 9.17) is 4.74 Å². The van der Waals surface area contributed by atoms with Crippen molar-refractivity contribution in [2.24, 2.45) is 0 Å². The van der Waals surface area contributed by atoms with Crippen molar-refractivity contribution in [3.8, 4) is 0 Å². The number of rotatable bonds is 6. The molecule has 0 unspecified atom stereocenters. The molecule has 0 radical (unpaired) electrons. The van der Waals surface area contributed by atoms with Crippen LogP contribution in [0.15, 0.2) is 54.6 Å². The highest BCUT2D eigenvalue weighted by Gasteiger charge is 2.52. The lowest BCUT2D eigenvalue weighted by Gasteiger charge is -2.14. The minimum atomic E-state index is -0.730. The zero-order chi connectivity index (χ0) is 20.1. The summed E-state index contributed by atoms with van der Waals surface area (Å²) in [6.45, 7) is -0.553. The van der Waals surface area contributed by atoms with Crippen LogP contribution < -0.4 is 10.9 Å². The van der Waals surface area contributed by atoms with Gasteiger partial charge in [0, 0.05) is 17.7 Å². The van der Waals surface area contributed by atoms with Crippen LogP contribution in [0.2, 0.25) is 0 Å². The second-order valence-electron chi connectivity index (χ2n) is 6.33. The van der Waals surface area contributed by atoms with Crippen molar-refractivity contribution in [1.29, 1.82) is 0 Å². The van der Waals surface area contributed by atoms with Crippen LogP contribution in [0.3, 0.4) is 0 Å². The summed E-state index contributed by atoms with van der Waals surface area (Å²) in [5, 5.41) is 10.7. The lowest BCUT2D eigenvalue weighted by Crippen LogP contribution is -2.44. The molecule has 28 heavy (non-hydrogen) atoms. The number of carbonyl (C=O) groups is 3. The Hall–Kier alpha value is -3.75. The molecule has 2 N–H and O–H groups in total. The number of nitro groups is 1. The van der Waals surface area contributed by atoms with Gasteiger partial charge in [0.25, 0.3) is 17.5 Å². The summed E-state index contributed by atoms with van der Waals surface area (Å²) in [6, 6.07) is 14.2. The van der Waals surface area contributed by atoms with Crippen molar-refractivity contribution in [2.75, 3.05) is 6.61 Å². The van der Waals surface area contributed by atoms with E-state index in [9.17, 15) is 24.5 Å². The Labute approximate surface area is 159 Å². The molecule has 0 atom stereocenters. The number of amides is 2. The molecule has 1 aliphatic carbocycles. The van der Waals surface area contributed by atoms with Crippen molar-refractivity contribution in [2.45, 2.75) is 18.3 Å². The molecule has 1 fully saturated rings. The molecular weight excluding hydrogens is 366 g/mol. The highest BCUT2D eigenvalue weighted by molar-refractivity contribution is 5.96. The minimum Gasteiger partial charge on any atom is -0.455 e. The first kappa shape index (κ1) is 19.0. The molecular formula is C19H17N3O6. The maximum absolute atomic E-state index is 12.3. The maximum Gasteiger partial charge on any atom is 0.317 e. The van der Waals surface area contributed by atoms with Gasteiger partial charge in [-0.25, -0.2) is 0 Å².